The van der Waals surface area contributed by atoms with Crippen LogP contribution in [-0.4, -0.2) is 4.98 Å². The van der Waals surface area contributed by atoms with Gasteiger partial charge in [0.25, 0.3) is 0 Å². The topological polar surface area (TPSA) is 38.9 Å². The van der Waals surface area contributed by atoms with Crippen molar-refractivity contribution in [3.63, 3.8) is 0 Å². The van der Waals surface area contributed by atoms with Gasteiger partial charge in [-0.2, -0.15) is 0 Å². The summed E-state index contributed by atoms with van der Waals surface area (Å²) in [6.07, 6.45) is 1.84. The van der Waals surface area contributed by atoms with Gasteiger partial charge in [-0.05, 0) is 0 Å². The van der Waals surface area contributed by atoms with E-state index in [1.807, 2.05) is 24.4 Å². The van der Waals surface area contributed by atoms with Gasteiger partial charge < -0.3 is 5.73 Å². The van der Waals surface area contributed by atoms with E-state index < -0.39 is 0 Å². The molecule has 82 valence electrons. The third-order valence-electron chi connectivity index (χ3n) is 1.78. The van der Waals surface area contributed by atoms with Crippen LogP contribution in [0.4, 0.5) is 0 Å². The van der Waals surface area contributed by atoms with Gasteiger partial charge in [0.15, 0.2) is 0 Å². The maximum atomic E-state index is 5.51. The molecule has 0 spiro atoms. The average Bonchev–Trinajstić information content (AvgIpc) is 2.67. The van der Waals surface area contributed by atoms with Gasteiger partial charge in [0.05, 0.1) is 0 Å². The molecule has 2 nitrogen and oxygen atoms in total. The van der Waals surface area contributed by atoms with E-state index in [0.29, 0.717) is 6.54 Å². The van der Waals surface area contributed by atoms with E-state index in [1.54, 1.807) is 11.3 Å². The van der Waals surface area contributed by atoms with Gasteiger partial charge in [0.1, 0.15) is 5.01 Å². The van der Waals surface area contributed by atoms with E-state index in [2.05, 4.69) is 17.1 Å². The summed E-state index contributed by atoms with van der Waals surface area (Å²) in [4.78, 5) is 5.42. The molecule has 0 radical (unpaired) electrons. The highest BCUT2D eigenvalue weighted by molar-refractivity contribution is 7.15. The maximum absolute atomic E-state index is 5.51. The fourth-order valence-electron chi connectivity index (χ4n) is 1.12. The minimum Gasteiger partial charge on any atom is -0.326 e. The van der Waals surface area contributed by atoms with Gasteiger partial charge in [-0.1, -0.05) is 30.3 Å². The van der Waals surface area contributed by atoms with Gasteiger partial charge in [-0.15, -0.1) is 36.2 Å². The van der Waals surface area contributed by atoms with Crippen LogP contribution in [-0.2, 0) is 6.54 Å². The minimum atomic E-state index is 0. The van der Waals surface area contributed by atoms with E-state index in [1.165, 1.54) is 0 Å². The van der Waals surface area contributed by atoms with Gasteiger partial charge >= 0.3 is 0 Å². The molecule has 0 aliphatic heterocycles. The second-order valence-corrected chi connectivity index (χ2v) is 3.82. The van der Waals surface area contributed by atoms with Crippen molar-refractivity contribution in [3.8, 4) is 10.6 Å². The number of benzene rings is 1. The number of nitrogens with two attached hydrogens (primary N) is 1. The van der Waals surface area contributed by atoms with Crippen LogP contribution >= 0.6 is 36.2 Å². The van der Waals surface area contributed by atoms with Crippen molar-refractivity contribution in [1.82, 2.24) is 4.98 Å². The zero-order valence-corrected chi connectivity index (χ0v) is 10.4. The summed E-state index contributed by atoms with van der Waals surface area (Å²) in [6, 6.07) is 10.1. The molecular formula is C10H12Cl2N2S. The molecule has 2 N–H and O–H groups in total. The van der Waals surface area contributed by atoms with Crippen molar-refractivity contribution in [3.05, 3.63) is 41.4 Å². The van der Waals surface area contributed by atoms with Gasteiger partial charge in [0.2, 0.25) is 0 Å². The Balaban J connectivity index is 0.000000980. The van der Waals surface area contributed by atoms with Crippen LogP contribution in [0.15, 0.2) is 36.5 Å². The Hall–Kier alpha value is -0.610. The quantitative estimate of drug-likeness (QED) is 0.904. The normalized spacial score (nSPS) is 8.87. The Morgan fingerprint density at radius 2 is 1.80 bits per heavy atom. The molecule has 0 unspecified atom stereocenters. The van der Waals surface area contributed by atoms with E-state index in [0.717, 1.165) is 15.4 Å². The van der Waals surface area contributed by atoms with E-state index >= 15 is 0 Å². The lowest BCUT2D eigenvalue weighted by molar-refractivity contribution is 1.10. The Labute approximate surface area is 105 Å². The maximum Gasteiger partial charge on any atom is 0.123 e. The number of thiazole rings is 1. The molecule has 0 bridgehead atoms. The van der Waals surface area contributed by atoms with Crippen LogP contribution in [0.1, 0.15) is 4.88 Å². The number of aromatic nitrogens is 1. The molecule has 1 heterocycles. The van der Waals surface area contributed by atoms with Crippen molar-refractivity contribution >= 4 is 36.2 Å². The summed E-state index contributed by atoms with van der Waals surface area (Å²) in [5.74, 6) is 0. The molecule has 2 rings (SSSR count). The highest BCUT2D eigenvalue weighted by Crippen LogP contribution is 2.24. The minimum absolute atomic E-state index is 0. The molecule has 15 heavy (non-hydrogen) atoms. The van der Waals surface area contributed by atoms with E-state index in [9.17, 15) is 0 Å². The van der Waals surface area contributed by atoms with Gasteiger partial charge in [0, 0.05) is 23.2 Å². The Bertz CT molecular complexity index is 389. The molecule has 0 aliphatic rings. The Morgan fingerprint density at radius 3 is 2.33 bits per heavy atom. The zero-order valence-electron chi connectivity index (χ0n) is 7.92. The first-order valence-corrected chi connectivity index (χ1v) is 4.92. The zero-order chi connectivity index (χ0) is 9.10. The summed E-state index contributed by atoms with van der Waals surface area (Å²) >= 11 is 1.65. The predicted octanol–water partition coefficient (Wildman–Crippen LogP) is 3.11. The summed E-state index contributed by atoms with van der Waals surface area (Å²) < 4.78 is 0. The lowest BCUT2D eigenvalue weighted by atomic mass is 10.2. The molecule has 5 heteroatoms. The van der Waals surface area contributed by atoms with Crippen LogP contribution in [0.2, 0.25) is 0 Å². The van der Waals surface area contributed by atoms with Crippen LogP contribution in [0.25, 0.3) is 10.6 Å². The highest BCUT2D eigenvalue weighted by Gasteiger charge is 2.01. The Morgan fingerprint density at radius 1 is 1.13 bits per heavy atom. The van der Waals surface area contributed by atoms with Gasteiger partial charge in [-0.25, -0.2) is 4.98 Å². The third kappa shape index (κ3) is 3.47. The van der Waals surface area contributed by atoms with Crippen LogP contribution in [0.5, 0.6) is 0 Å². The van der Waals surface area contributed by atoms with Crippen LogP contribution in [0, 0.1) is 0 Å². The first kappa shape index (κ1) is 14.4. The molecule has 0 fully saturated rings. The molecule has 1 aromatic heterocycles. The smallest absolute Gasteiger partial charge is 0.123 e. The fourth-order valence-corrected chi connectivity index (χ4v) is 1.91. The van der Waals surface area contributed by atoms with Crippen molar-refractivity contribution in [2.24, 2.45) is 5.73 Å². The first-order chi connectivity index (χ1) is 6.40. The fraction of sp³-hybridized carbons (Fsp3) is 0.100. The van der Waals surface area contributed by atoms with Crippen molar-refractivity contribution in [2.75, 3.05) is 0 Å². The van der Waals surface area contributed by atoms with Crippen molar-refractivity contribution in [2.45, 2.75) is 6.54 Å². The van der Waals surface area contributed by atoms with Gasteiger partial charge in [-0.3, -0.25) is 0 Å². The summed E-state index contributed by atoms with van der Waals surface area (Å²) in [5.41, 5.74) is 6.67. The number of nitrogens with zero attached hydrogens (tertiary/aromatic N) is 1. The number of rotatable bonds is 2. The lowest BCUT2D eigenvalue weighted by Crippen LogP contribution is -1.91. The highest BCUT2D eigenvalue weighted by atomic mass is 35.5. The molecule has 0 saturated carbocycles. The molecule has 0 atom stereocenters. The molecular weight excluding hydrogens is 251 g/mol. The summed E-state index contributed by atoms with van der Waals surface area (Å²) in [5, 5.41) is 1.04. The number of hydrogen-bond acceptors (Lipinski definition) is 3. The summed E-state index contributed by atoms with van der Waals surface area (Å²) in [7, 11) is 0. The molecule has 0 amide bonds. The van der Waals surface area contributed by atoms with E-state index in [4.69, 9.17) is 5.73 Å². The lowest BCUT2D eigenvalue weighted by Gasteiger charge is -1.92. The van der Waals surface area contributed by atoms with Crippen molar-refractivity contribution in [1.29, 1.82) is 0 Å². The Kier molecular flexibility index (Phi) is 6.52. The largest absolute Gasteiger partial charge is 0.326 e. The third-order valence-corrected chi connectivity index (χ3v) is 2.84. The second kappa shape index (κ2) is 6.80. The average molecular weight is 263 g/mol. The van der Waals surface area contributed by atoms with Crippen LogP contribution < -0.4 is 5.73 Å². The van der Waals surface area contributed by atoms with Crippen molar-refractivity contribution < 1.29 is 0 Å². The predicted molar refractivity (Wildman–Crippen MR) is 69.9 cm³/mol. The second-order valence-electron chi connectivity index (χ2n) is 2.70. The summed E-state index contributed by atoms with van der Waals surface area (Å²) in [6.45, 7) is 0.574. The number of halogens is 2. The van der Waals surface area contributed by atoms with E-state index in [-0.39, 0.29) is 24.8 Å². The molecule has 0 aliphatic carbocycles. The SMILES string of the molecule is Cl.Cl.NCc1cnc(-c2ccccc2)s1. The van der Waals surface area contributed by atoms with Crippen LogP contribution in [0.3, 0.4) is 0 Å². The number of hydrogen-bond donors (Lipinski definition) is 1. The monoisotopic (exact) mass is 262 g/mol. The molecule has 1 aromatic carbocycles. The molecule has 2 aromatic rings. The first-order valence-electron chi connectivity index (χ1n) is 4.10. The standard InChI is InChI=1S/C10H10N2S.2ClH/c11-6-9-7-12-10(13-9)8-4-2-1-3-5-8;;/h1-5,7H,6,11H2;2*1H. The molecule has 0 saturated heterocycles.